The molecule has 1 unspecified atom stereocenters. The SMILES string of the molecule is Cc1cccc(N(Cc2ccccc2)C(=O)C[NH+](C)CC(=O)Nc2c(C)cccc2C)c1. The molecule has 0 bridgehead atoms. The first kappa shape index (κ1) is 23.2. The summed E-state index contributed by atoms with van der Waals surface area (Å²) in [4.78, 5) is 28.6. The van der Waals surface area contributed by atoms with Crippen LogP contribution in [-0.4, -0.2) is 32.0 Å². The van der Waals surface area contributed by atoms with E-state index in [0.717, 1.165) is 38.5 Å². The lowest BCUT2D eigenvalue weighted by molar-refractivity contribution is -0.862. The molecule has 0 aromatic heterocycles. The summed E-state index contributed by atoms with van der Waals surface area (Å²) >= 11 is 0. The second-order valence-corrected chi connectivity index (χ2v) is 8.43. The van der Waals surface area contributed by atoms with Gasteiger partial charge in [-0.05, 0) is 55.2 Å². The van der Waals surface area contributed by atoms with E-state index in [2.05, 4.69) is 5.32 Å². The topological polar surface area (TPSA) is 53.9 Å². The minimum absolute atomic E-state index is 0.0168. The van der Waals surface area contributed by atoms with Crippen molar-refractivity contribution >= 4 is 23.2 Å². The Bertz CT molecular complexity index is 1060. The summed E-state index contributed by atoms with van der Waals surface area (Å²) < 4.78 is 0. The molecule has 0 saturated heterocycles. The van der Waals surface area contributed by atoms with Crippen molar-refractivity contribution in [1.82, 2.24) is 0 Å². The number of likely N-dealkylation sites (N-methyl/N-ethyl adjacent to an activating group) is 1. The molecule has 2 amide bonds. The van der Waals surface area contributed by atoms with Crippen molar-refractivity contribution in [3.63, 3.8) is 0 Å². The summed E-state index contributed by atoms with van der Waals surface area (Å²) in [6.45, 7) is 6.90. The Kier molecular flexibility index (Phi) is 7.79. The molecule has 2 N–H and O–H groups in total. The van der Waals surface area contributed by atoms with E-state index < -0.39 is 0 Å². The highest BCUT2D eigenvalue weighted by Gasteiger charge is 2.22. The van der Waals surface area contributed by atoms with Gasteiger partial charge in [0, 0.05) is 11.4 Å². The number of nitrogens with one attached hydrogen (secondary N) is 2. The standard InChI is InChI=1S/C27H31N3O2/c1-20-10-8-15-24(16-20)30(17-23-13-6-5-7-14-23)26(32)19-29(4)18-25(31)28-27-21(2)11-9-12-22(27)3/h5-16H,17-19H2,1-4H3,(H,28,31)/p+1. The van der Waals surface area contributed by atoms with Crippen LogP contribution in [0.1, 0.15) is 22.3 Å². The van der Waals surface area contributed by atoms with Crippen LogP contribution in [0.2, 0.25) is 0 Å². The summed E-state index contributed by atoms with van der Waals surface area (Å²) in [5, 5.41) is 3.01. The molecule has 3 rings (SSSR count). The summed E-state index contributed by atoms with van der Waals surface area (Å²) in [6, 6.07) is 23.8. The fraction of sp³-hybridized carbons (Fsp3) is 0.259. The highest BCUT2D eigenvalue weighted by Crippen LogP contribution is 2.20. The van der Waals surface area contributed by atoms with Gasteiger partial charge in [0.05, 0.1) is 13.6 Å². The zero-order chi connectivity index (χ0) is 23.1. The van der Waals surface area contributed by atoms with Gasteiger partial charge >= 0.3 is 0 Å². The monoisotopic (exact) mass is 430 g/mol. The molecule has 0 heterocycles. The number of carbonyl (C=O) groups excluding carboxylic acids is 2. The number of para-hydroxylation sites is 1. The van der Waals surface area contributed by atoms with E-state index >= 15 is 0 Å². The third kappa shape index (κ3) is 6.28. The summed E-state index contributed by atoms with van der Waals surface area (Å²) in [5.41, 5.74) is 5.93. The van der Waals surface area contributed by atoms with Gasteiger partial charge in [0.2, 0.25) is 0 Å². The van der Waals surface area contributed by atoms with Gasteiger partial charge in [-0.25, -0.2) is 0 Å². The van der Waals surface area contributed by atoms with Crippen LogP contribution in [0.25, 0.3) is 0 Å². The van der Waals surface area contributed by atoms with Crippen LogP contribution in [-0.2, 0) is 16.1 Å². The number of hydrogen-bond acceptors (Lipinski definition) is 2. The van der Waals surface area contributed by atoms with Gasteiger partial charge in [0.25, 0.3) is 11.8 Å². The zero-order valence-electron chi connectivity index (χ0n) is 19.3. The van der Waals surface area contributed by atoms with Crippen molar-refractivity contribution in [2.75, 3.05) is 30.4 Å². The molecule has 0 radical (unpaired) electrons. The number of nitrogens with zero attached hydrogens (tertiary/aromatic N) is 1. The van der Waals surface area contributed by atoms with Crippen LogP contribution in [0.4, 0.5) is 11.4 Å². The molecule has 0 fully saturated rings. The second kappa shape index (κ2) is 10.7. The molecule has 1 atom stereocenters. The third-order valence-corrected chi connectivity index (χ3v) is 5.46. The molecule has 5 heteroatoms. The van der Waals surface area contributed by atoms with Gasteiger partial charge < -0.3 is 15.1 Å². The van der Waals surface area contributed by atoms with E-state index in [1.807, 2.05) is 101 Å². The molecule has 3 aromatic carbocycles. The van der Waals surface area contributed by atoms with Crippen LogP contribution in [0.5, 0.6) is 0 Å². The summed E-state index contributed by atoms with van der Waals surface area (Å²) in [7, 11) is 1.87. The molecule has 0 saturated carbocycles. The minimum Gasteiger partial charge on any atom is -0.322 e. The maximum Gasteiger partial charge on any atom is 0.282 e. The highest BCUT2D eigenvalue weighted by molar-refractivity contribution is 5.95. The molecule has 3 aromatic rings. The normalized spacial score (nSPS) is 11.6. The quantitative estimate of drug-likeness (QED) is 0.576. The average molecular weight is 431 g/mol. The fourth-order valence-corrected chi connectivity index (χ4v) is 3.77. The van der Waals surface area contributed by atoms with Crippen molar-refractivity contribution in [2.45, 2.75) is 27.3 Å². The van der Waals surface area contributed by atoms with Crippen molar-refractivity contribution in [3.05, 3.63) is 95.1 Å². The maximum absolute atomic E-state index is 13.3. The van der Waals surface area contributed by atoms with E-state index in [4.69, 9.17) is 0 Å². The van der Waals surface area contributed by atoms with Crippen molar-refractivity contribution < 1.29 is 14.5 Å². The molecular formula is C27H32N3O2+. The number of hydrogen-bond donors (Lipinski definition) is 2. The number of quaternary nitrogens is 1. The first-order chi connectivity index (χ1) is 15.3. The number of carbonyl (C=O) groups is 2. The van der Waals surface area contributed by atoms with E-state index in [-0.39, 0.29) is 24.9 Å². The molecule has 0 spiro atoms. The van der Waals surface area contributed by atoms with Gasteiger partial charge in [-0.1, -0.05) is 60.7 Å². The lowest BCUT2D eigenvalue weighted by Crippen LogP contribution is -3.11. The van der Waals surface area contributed by atoms with Gasteiger partial charge in [-0.2, -0.15) is 0 Å². The number of anilines is 2. The number of amides is 2. The summed E-state index contributed by atoms with van der Waals surface area (Å²) in [5.74, 6) is -0.116. The van der Waals surface area contributed by atoms with Crippen molar-refractivity contribution in [3.8, 4) is 0 Å². The van der Waals surface area contributed by atoms with Gasteiger partial charge in [0.15, 0.2) is 13.1 Å². The smallest absolute Gasteiger partial charge is 0.282 e. The lowest BCUT2D eigenvalue weighted by atomic mass is 10.1. The zero-order valence-corrected chi connectivity index (χ0v) is 19.3. The van der Waals surface area contributed by atoms with Crippen molar-refractivity contribution in [1.29, 1.82) is 0 Å². The fourth-order valence-electron chi connectivity index (χ4n) is 3.77. The maximum atomic E-state index is 13.3. The Labute approximate surface area is 190 Å². The first-order valence-electron chi connectivity index (χ1n) is 10.9. The van der Waals surface area contributed by atoms with E-state index in [9.17, 15) is 9.59 Å². The van der Waals surface area contributed by atoms with Crippen LogP contribution in [0.3, 0.4) is 0 Å². The Balaban J connectivity index is 1.68. The van der Waals surface area contributed by atoms with Crippen LogP contribution >= 0.6 is 0 Å². The molecule has 166 valence electrons. The first-order valence-corrected chi connectivity index (χ1v) is 10.9. The Morgan fingerprint density at radius 2 is 1.50 bits per heavy atom. The van der Waals surface area contributed by atoms with Crippen LogP contribution < -0.4 is 15.1 Å². The Morgan fingerprint density at radius 1 is 0.844 bits per heavy atom. The number of rotatable bonds is 8. The summed E-state index contributed by atoms with van der Waals surface area (Å²) in [6.07, 6.45) is 0. The van der Waals surface area contributed by atoms with E-state index in [1.54, 1.807) is 4.90 Å². The molecule has 32 heavy (non-hydrogen) atoms. The third-order valence-electron chi connectivity index (χ3n) is 5.46. The number of benzene rings is 3. The van der Waals surface area contributed by atoms with Crippen molar-refractivity contribution in [2.24, 2.45) is 0 Å². The Hall–Kier alpha value is -3.44. The molecular weight excluding hydrogens is 398 g/mol. The Morgan fingerprint density at radius 3 is 2.16 bits per heavy atom. The molecule has 5 nitrogen and oxygen atoms in total. The van der Waals surface area contributed by atoms with E-state index in [1.165, 1.54) is 0 Å². The van der Waals surface area contributed by atoms with Gasteiger partial charge in [0.1, 0.15) is 0 Å². The van der Waals surface area contributed by atoms with Gasteiger partial charge in [-0.3, -0.25) is 9.59 Å². The number of aryl methyl sites for hydroxylation is 3. The predicted octanol–water partition coefficient (Wildman–Crippen LogP) is 3.30. The van der Waals surface area contributed by atoms with Crippen LogP contribution in [0.15, 0.2) is 72.8 Å². The minimum atomic E-state index is -0.0992. The van der Waals surface area contributed by atoms with Crippen LogP contribution in [0, 0.1) is 20.8 Å². The molecule has 0 aliphatic carbocycles. The van der Waals surface area contributed by atoms with E-state index in [0.29, 0.717) is 6.54 Å². The largest absolute Gasteiger partial charge is 0.322 e. The molecule has 0 aliphatic rings. The average Bonchev–Trinajstić information content (AvgIpc) is 2.75. The second-order valence-electron chi connectivity index (χ2n) is 8.43. The highest BCUT2D eigenvalue weighted by atomic mass is 16.2. The predicted molar refractivity (Wildman–Crippen MR) is 130 cm³/mol. The lowest BCUT2D eigenvalue weighted by Gasteiger charge is -2.25. The van der Waals surface area contributed by atoms with Gasteiger partial charge in [-0.15, -0.1) is 0 Å². The molecule has 0 aliphatic heterocycles.